The minimum atomic E-state index is 0.499. The van der Waals surface area contributed by atoms with Crippen molar-refractivity contribution in [1.82, 2.24) is 15.1 Å². The number of nitrogens with one attached hydrogen (secondary N) is 1. The molecule has 1 N–H and O–H groups in total. The quantitative estimate of drug-likeness (QED) is 0.868. The van der Waals surface area contributed by atoms with Crippen LogP contribution in [0.2, 0.25) is 0 Å². The summed E-state index contributed by atoms with van der Waals surface area (Å²) in [6.07, 6.45) is 7.30. The smallest absolute Gasteiger partial charge is 0.0767 e. The van der Waals surface area contributed by atoms with Gasteiger partial charge in [-0.15, -0.1) is 0 Å². The van der Waals surface area contributed by atoms with Crippen molar-refractivity contribution in [1.29, 1.82) is 0 Å². The topological polar surface area (TPSA) is 29.9 Å². The molecule has 0 bridgehead atoms. The molecule has 1 aromatic rings. The third-order valence-electron chi connectivity index (χ3n) is 3.94. The molecule has 18 heavy (non-hydrogen) atoms. The van der Waals surface area contributed by atoms with Gasteiger partial charge in [0.2, 0.25) is 0 Å². The normalized spacial score (nSPS) is 17.8. The number of rotatable bonds is 6. The highest BCUT2D eigenvalue weighted by Crippen LogP contribution is 2.42. The van der Waals surface area contributed by atoms with Gasteiger partial charge in [0.05, 0.1) is 15.9 Å². The molecular weight excluding hydrogens is 310 g/mol. The van der Waals surface area contributed by atoms with Crippen LogP contribution in [-0.2, 0) is 20.0 Å². The Balaban J connectivity index is 1.92. The number of thioether (sulfide) groups is 1. The summed E-state index contributed by atoms with van der Waals surface area (Å²) in [6.45, 7) is 4.14. The van der Waals surface area contributed by atoms with E-state index in [9.17, 15) is 0 Å². The van der Waals surface area contributed by atoms with Gasteiger partial charge < -0.3 is 5.32 Å². The van der Waals surface area contributed by atoms with Gasteiger partial charge in [-0.2, -0.15) is 16.9 Å². The molecular formula is C13H22BrN3S. The average Bonchev–Trinajstić information content (AvgIpc) is 2.59. The van der Waals surface area contributed by atoms with Gasteiger partial charge in [0.25, 0.3) is 0 Å². The van der Waals surface area contributed by atoms with Crippen molar-refractivity contribution in [2.45, 2.75) is 43.9 Å². The van der Waals surface area contributed by atoms with E-state index in [2.05, 4.69) is 39.5 Å². The third kappa shape index (κ3) is 2.78. The molecule has 0 unspecified atom stereocenters. The van der Waals surface area contributed by atoms with Crippen LogP contribution < -0.4 is 5.32 Å². The van der Waals surface area contributed by atoms with Crippen LogP contribution in [0, 0.1) is 0 Å². The minimum absolute atomic E-state index is 0.499. The second-order valence-electron chi connectivity index (χ2n) is 5.03. The SMILES string of the molecule is CCc1nn(C)c(CNCC2(SC)CCC2)c1Br. The predicted octanol–water partition coefficient (Wildman–Crippen LogP) is 3.12. The van der Waals surface area contributed by atoms with Crippen molar-refractivity contribution in [3.05, 3.63) is 15.9 Å². The summed E-state index contributed by atoms with van der Waals surface area (Å²) in [4.78, 5) is 0. The van der Waals surface area contributed by atoms with Crippen LogP contribution in [0.1, 0.15) is 37.6 Å². The summed E-state index contributed by atoms with van der Waals surface area (Å²) in [5.74, 6) is 0. The van der Waals surface area contributed by atoms with Crippen molar-refractivity contribution in [3.63, 3.8) is 0 Å². The maximum absolute atomic E-state index is 4.52. The van der Waals surface area contributed by atoms with Crippen LogP contribution in [0.15, 0.2) is 4.47 Å². The van der Waals surface area contributed by atoms with Gasteiger partial charge >= 0.3 is 0 Å². The van der Waals surface area contributed by atoms with Crippen molar-refractivity contribution >= 4 is 27.7 Å². The second-order valence-corrected chi connectivity index (χ2v) is 7.10. The molecule has 0 spiro atoms. The molecule has 1 aromatic heterocycles. The fraction of sp³-hybridized carbons (Fsp3) is 0.769. The first kappa shape index (κ1) is 14.4. The second kappa shape index (κ2) is 5.97. The van der Waals surface area contributed by atoms with Crippen LogP contribution in [-0.4, -0.2) is 27.3 Å². The highest BCUT2D eigenvalue weighted by atomic mass is 79.9. The standard InChI is InChI=1S/C13H22BrN3S/c1-4-10-12(14)11(17(2)16-10)8-15-9-13(18-3)6-5-7-13/h15H,4-9H2,1-3H3. The van der Waals surface area contributed by atoms with Crippen molar-refractivity contribution < 1.29 is 0 Å². The summed E-state index contributed by atoms with van der Waals surface area (Å²) in [5.41, 5.74) is 2.40. The lowest BCUT2D eigenvalue weighted by Gasteiger charge is -2.40. The molecule has 0 saturated heterocycles. The van der Waals surface area contributed by atoms with Crippen LogP contribution in [0.4, 0.5) is 0 Å². The molecule has 1 aliphatic rings. The van der Waals surface area contributed by atoms with Gasteiger partial charge in [-0.05, 0) is 41.4 Å². The number of hydrogen-bond acceptors (Lipinski definition) is 3. The summed E-state index contributed by atoms with van der Waals surface area (Å²) in [7, 11) is 2.02. The van der Waals surface area contributed by atoms with Crippen molar-refractivity contribution in [2.75, 3.05) is 12.8 Å². The zero-order valence-corrected chi connectivity index (χ0v) is 13.8. The molecule has 1 aliphatic carbocycles. The first-order chi connectivity index (χ1) is 8.62. The minimum Gasteiger partial charge on any atom is -0.310 e. The van der Waals surface area contributed by atoms with E-state index in [-0.39, 0.29) is 0 Å². The number of halogens is 1. The maximum Gasteiger partial charge on any atom is 0.0767 e. The predicted molar refractivity (Wildman–Crippen MR) is 82.1 cm³/mol. The summed E-state index contributed by atoms with van der Waals surface area (Å²) < 4.78 is 3.66. The van der Waals surface area contributed by atoms with E-state index < -0.39 is 0 Å². The Morgan fingerprint density at radius 2 is 2.22 bits per heavy atom. The molecule has 0 aliphatic heterocycles. The zero-order chi connectivity index (χ0) is 13.2. The third-order valence-corrected chi connectivity index (χ3v) is 6.27. The van der Waals surface area contributed by atoms with Gasteiger partial charge in [-0.25, -0.2) is 0 Å². The van der Waals surface area contributed by atoms with E-state index in [1.165, 1.54) is 29.4 Å². The highest BCUT2D eigenvalue weighted by Gasteiger charge is 2.35. The Morgan fingerprint density at radius 1 is 1.50 bits per heavy atom. The molecule has 0 atom stereocenters. The molecule has 102 valence electrons. The Morgan fingerprint density at radius 3 is 2.67 bits per heavy atom. The molecule has 1 fully saturated rings. The fourth-order valence-corrected chi connectivity index (χ4v) is 4.14. The van der Waals surface area contributed by atoms with Gasteiger partial charge in [0.15, 0.2) is 0 Å². The molecule has 0 amide bonds. The number of nitrogens with zero attached hydrogens (tertiary/aromatic N) is 2. The first-order valence-corrected chi connectivity index (χ1v) is 8.60. The van der Waals surface area contributed by atoms with Crippen LogP contribution in [0.25, 0.3) is 0 Å². The summed E-state index contributed by atoms with van der Waals surface area (Å²) >= 11 is 5.68. The zero-order valence-electron chi connectivity index (χ0n) is 11.4. The lowest BCUT2D eigenvalue weighted by molar-refractivity contribution is 0.344. The molecule has 0 aromatic carbocycles. The van der Waals surface area contributed by atoms with Crippen LogP contribution in [0.3, 0.4) is 0 Å². The van der Waals surface area contributed by atoms with Gasteiger partial charge in [-0.1, -0.05) is 13.3 Å². The van der Waals surface area contributed by atoms with Crippen molar-refractivity contribution in [2.24, 2.45) is 7.05 Å². The fourth-order valence-electron chi connectivity index (χ4n) is 2.44. The highest BCUT2D eigenvalue weighted by molar-refractivity contribution is 9.10. The van der Waals surface area contributed by atoms with Crippen LogP contribution >= 0.6 is 27.7 Å². The molecule has 5 heteroatoms. The Bertz CT molecular complexity index is 407. The average molecular weight is 332 g/mol. The number of aromatic nitrogens is 2. The molecule has 1 saturated carbocycles. The van der Waals surface area contributed by atoms with Crippen LogP contribution in [0.5, 0.6) is 0 Å². The monoisotopic (exact) mass is 331 g/mol. The molecule has 2 rings (SSSR count). The Hall–Kier alpha value is -0.000000000000000111. The Labute approximate surface area is 122 Å². The van der Waals surface area contributed by atoms with E-state index in [4.69, 9.17) is 0 Å². The van der Waals surface area contributed by atoms with Gasteiger partial charge in [-0.3, -0.25) is 4.68 Å². The Kier molecular flexibility index (Phi) is 4.78. The van der Waals surface area contributed by atoms with Crippen molar-refractivity contribution in [3.8, 4) is 0 Å². The summed E-state index contributed by atoms with van der Waals surface area (Å²) in [5, 5.41) is 8.13. The van der Waals surface area contributed by atoms with Gasteiger partial charge in [0, 0.05) is 24.9 Å². The largest absolute Gasteiger partial charge is 0.310 e. The molecule has 0 radical (unpaired) electrons. The lowest BCUT2D eigenvalue weighted by atomic mass is 9.84. The summed E-state index contributed by atoms with van der Waals surface area (Å²) in [6, 6.07) is 0. The maximum atomic E-state index is 4.52. The number of aryl methyl sites for hydroxylation is 2. The number of hydrogen-bond donors (Lipinski definition) is 1. The molecule has 1 heterocycles. The van der Waals surface area contributed by atoms with E-state index in [1.54, 1.807) is 0 Å². The lowest BCUT2D eigenvalue weighted by Crippen LogP contribution is -2.43. The molecule has 3 nitrogen and oxygen atoms in total. The van der Waals surface area contributed by atoms with Gasteiger partial charge in [0.1, 0.15) is 0 Å². The van der Waals surface area contributed by atoms with E-state index >= 15 is 0 Å². The first-order valence-electron chi connectivity index (χ1n) is 6.58. The van der Waals surface area contributed by atoms with E-state index in [1.807, 2.05) is 23.5 Å². The van der Waals surface area contributed by atoms with E-state index in [0.29, 0.717) is 4.75 Å². The van der Waals surface area contributed by atoms with E-state index in [0.717, 1.165) is 25.2 Å².